The Bertz CT molecular complexity index is 2080. The van der Waals surface area contributed by atoms with Gasteiger partial charge in [-0.25, -0.2) is 14.8 Å². The molecule has 5 N–H and O–H groups in total. The Morgan fingerprint density at radius 3 is 1.58 bits per heavy atom. The number of allylic oxidation sites excluding steroid dienone is 4. The topological polar surface area (TPSA) is 223 Å². The number of rotatable bonds is 39. The summed E-state index contributed by atoms with van der Waals surface area (Å²) in [4.78, 5) is 83.8. The van der Waals surface area contributed by atoms with Crippen LogP contribution >= 0.6 is 0 Å². The first-order chi connectivity index (χ1) is 34.5. The fourth-order valence-electron chi connectivity index (χ4n) is 8.16. The highest BCUT2D eigenvalue weighted by Crippen LogP contribution is 2.20. The number of unbranched alkanes of at least 4 members (excludes halogenated alkanes) is 22. The maximum Gasteiger partial charge on any atom is 0.336 e. The van der Waals surface area contributed by atoms with Gasteiger partial charge in [-0.3, -0.25) is 19.2 Å². The molecule has 15 heteroatoms. The molecule has 71 heavy (non-hydrogen) atoms. The SMILES string of the molecule is CCCCCCCC/C=C/CCCCCCCC(=O)OC(=O)CCC(NC(=O)c1ccc(N(C)Cc2cnc3nc(N)nc(N)c3n2)cc1)C(=O)OC(=O)CCCCCCC/C=C/CCCCCCCC. The molecule has 0 aliphatic heterocycles. The van der Waals surface area contributed by atoms with E-state index in [0.717, 1.165) is 82.7 Å². The molecule has 1 amide bonds. The Labute approximate surface area is 424 Å². The Kier molecular flexibility index (Phi) is 31.1. The zero-order valence-electron chi connectivity index (χ0n) is 43.4. The summed E-state index contributed by atoms with van der Waals surface area (Å²) in [5.74, 6) is -3.62. The van der Waals surface area contributed by atoms with Crippen LogP contribution in [0.2, 0.25) is 0 Å². The van der Waals surface area contributed by atoms with Crippen LogP contribution in [0.1, 0.15) is 223 Å². The molecule has 0 aliphatic rings. The van der Waals surface area contributed by atoms with Gasteiger partial charge in [0.25, 0.3) is 5.91 Å². The van der Waals surface area contributed by atoms with Crippen molar-refractivity contribution in [3.05, 3.63) is 66.0 Å². The quantitative estimate of drug-likeness (QED) is 0.0209. The summed E-state index contributed by atoms with van der Waals surface area (Å²) in [5, 5.41) is 2.63. The lowest BCUT2D eigenvalue weighted by Gasteiger charge is -2.20. The van der Waals surface area contributed by atoms with E-state index in [9.17, 15) is 24.0 Å². The van der Waals surface area contributed by atoms with Crippen molar-refractivity contribution < 1.29 is 33.4 Å². The van der Waals surface area contributed by atoms with Gasteiger partial charge in [0.05, 0.1) is 18.4 Å². The summed E-state index contributed by atoms with van der Waals surface area (Å²) in [6.07, 6.45) is 39.4. The molecule has 0 aliphatic carbocycles. The summed E-state index contributed by atoms with van der Waals surface area (Å²) in [6, 6.07) is 5.28. The molecule has 392 valence electrons. The molecule has 1 aromatic carbocycles. The molecular weight excluding hydrogens is 897 g/mol. The number of carbonyl (C=O) groups is 5. The number of nitrogen functional groups attached to an aromatic ring is 2. The molecule has 3 aromatic rings. The molecule has 0 spiro atoms. The van der Waals surface area contributed by atoms with Crippen LogP contribution in [-0.4, -0.2) is 62.8 Å². The number of nitrogens with one attached hydrogen (secondary N) is 1. The maximum absolute atomic E-state index is 13.5. The first-order valence-electron chi connectivity index (χ1n) is 26.9. The van der Waals surface area contributed by atoms with Gasteiger partial charge >= 0.3 is 23.9 Å². The highest BCUT2D eigenvalue weighted by atomic mass is 16.6. The van der Waals surface area contributed by atoms with Gasteiger partial charge in [-0.2, -0.15) is 9.97 Å². The average Bonchev–Trinajstić information content (AvgIpc) is 3.35. The van der Waals surface area contributed by atoms with Gasteiger partial charge in [0.15, 0.2) is 17.0 Å². The molecule has 15 nitrogen and oxygen atoms in total. The first-order valence-corrected chi connectivity index (χ1v) is 26.9. The predicted octanol–water partition coefficient (Wildman–Crippen LogP) is 12.3. The van der Waals surface area contributed by atoms with Crippen molar-refractivity contribution in [3.8, 4) is 0 Å². The Morgan fingerprint density at radius 1 is 0.592 bits per heavy atom. The lowest BCUT2D eigenvalue weighted by Crippen LogP contribution is -2.43. The third-order valence-electron chi connectivity index (χ3n) is 12.4. The molecule has 2 heterocycles. The molecule has 0 fully saturated rings. The van der Waals surface area contributed by atoms with Crippen LogP contribution < -0.4 is 21.7 Å². The molecule has 1 unspecified atom stereocenters. The van der Waals surface area contributed by atoms with Crippen molar-refractivity contribution in [1.82, 2.24) is 25.3 Å². The number of ether oxygens (including phenoxy) is 2. The van der Waals surface area contributed by atoms with Crippen molar-refractivity contribution in [2.75, 3.05) is 23.4 Å². The smallest absolute Gasteiger partial charge is 0.336 e. The maximum atomic E-state index is 13.5. The van der Waals surface area contributed by atoms with Gasteiger partial charge < -0.3 is 31.2 Å². The molecule has 1 atom stereocenters. The molecule has 0 bridgehead atoms. The van der Waals surface area contributed by atoms with Gasteiger partial charge in [0.2, 0.25) is 5.95 Å². The van der Waals surface area contributed by atoms with Crippen LogP contribution in [0.15, 0.2) is 54.8 Å². The minimum absolute atomic E-state index is 0.00703. The van der Waals surface area contributed by atoms with Gasteiger partial charge in [0, 0.05) is 37.6 Å². The van der Waals surface area contributed by atoms with E-state index in [1.54, 1.807) is 30.5 Å². The van der Waals surface area contributed by atoms with E-state index in [2.05, 4.69) is 63.4 Å². The van der Waals surface area contributed by atoms with E-state index in [4.69, 9.17) is 20.9 Å². The second kappa shape index (κ2) is 37.1. The van der Waals surface area contributed by atoms with Crippen molar-refractivity contribution in [1.29, 1.82) is 0 Å². The Hall–Kier alpha value is -5.73. The van der Waals surface area contributed by atoms with Crippen LogP contribution in [0.4, 0.5) is 17.5 Å². The highest BCUT2D eigenvalue weighted by molar-refractivity contribution is 5.98. The van der Waals surface area contributed by atoms with Crippen molar-refractivity contribution in [2.45, 2.75) is 219 Å². The number of nitrogens with zero attached hydrogens (tertiary/aromatic N) is 5. The number of hydrogen-bond acceptors (Lipinski definition) is 14. The molecule has 0 saturated heterocycles. The van der Waals surface area contributed by atoms with E-state index in [1.165, 1.54) is 77.0 Å². The predicted molar refractivity (Wildman–Crippen MR) is 284 cm³/mol. The highest BCUT2D eigenvalue weighted by Gasteiger charge is 2.27. The first kappa shape index (κ1) is 59.6. The normalized spacial score (nSPS) is 11.9. The van der Waals surface area contributed by atoms with E-state index in [1.807, 2.05) is 11.9 Å². The monoisotopic (exact) mass is 983 g/mol. The fraction of sp³-hybridized carbons (Fsp3) is 0.625. The zero-order valence-corrected chi connectivity index (χ0v) is 43.4. The second-order valence-electron chi connectivity index (χ2n) is 18.8. The van der Waals surface area contributed by atoms with Crippen LogP contribution in [0.3, 0.4) is 0 Å². The van der Waals surface area contributed by atoms with E-state index < -0.39 is 35.8 Å². The second-order valence-corrected chi connectivity index (χ2v) is 18.8. The van der Waals surface area contributed by atoms with E-state index >= 15 is 0 Å². The van der Waals surface area contributed by atoms with Crippen molar-refractivity contribution in [2.24, 2.45) is 0 Å². The summed E-state index contributed by atoms with van der Waals surface area (Å²) >= 11 is 0. The summed E-state index contributed by atoms with van der Waals surface area (Å²) < 4.78 is 10.3. The van der Waals surface area contributed by atoms with E-state index in [0.29, 0.717) is 30.6 Å². The van der Waals surface area contributed by atoms with Crippen LogP contribution in [0.25, 0.3) is 11.2 Å². The third kappa shape index (κ3) is 26.9. The lowest BCUT2D eigenvalue weighted by atomic mass is 10.1. The molecule has 0 radical (unpaired) electrons. The molecule has 0 saturated carbocycles. The fourth-order valence-corrected chi connectivity index (χ4v) is 8.16. The van der Waals surface area contributed by atoms with Gasteiger partial charge in [-0.1, -0.05) is 141 Å². The summed E-state index contributed by atoms with van der Waals surface area (Å²) in [5.41, 5.74) is 13.9. The number of nitrogens with two attached hydrogens (primary N) is 2. The number of benzene rings is 1. The van der Waals surface area contributed by atoms with Gasteiger partial charge in [-0.05, 0) is 94.9 Å². The van der Waals surface area contributed by atoms with Crippen LogP contribution in [0, 0.1) is 0 Å². The number of aromatic nitrogens is 4. The van der Waals surface area contributed by atoms with Crippen LogP contribution in [-0.2, 0) is 35.2 Å². The third-order valence-corrected chi connectivity index (χ3v) is 12.4. The standard InChI is InChI=1S/C56H86N8O7/c1-4-6-8-10-12-14-16-18-20-22-24-26-28-30-32-34-48(65)70-50(67)41-40-47(55(69)71-49(66)35-33-31-29-27-25-23-21-19-17-15-13-11-9-7-5-2)61-54(68)44-36-38-46(39-37-44)64(3)43-45-42-59-53-51(60-45)52(57)62-56(58)63-53/h18-21,36-39,42,47H,4-17,22-35,40-41,43H2,1-3H3,(H,61,68)(H4,57,58,59,62,63)/b20-18+,21-19+. The average molecular weight is 983 g/mol. The number of anilines is 3. The Morgan fingerprint density at radius 2 is 1.06 bits per heavy atom. The zero-order chi connectivity index (χ0) is 51.3. The molecule has 3 rings (SSSR count). The van der Waals surface area contributed by atoms with Crippen molar-refractivity contribution in [3.63, 3.8) is 0 Å². The minimum atomic E-state index is -1.35. The lowest BCUT2D eigenvalue weighted by molar-refractivity contribution is -0.161. The van der Waals surface area contributed by atoms with E-state index in [-0.39, 0.29) is 48.7 Å². The molecular formula is C56H86N8O7. The number of hydrogen-bond donors (Lipinski definition) is 3. The summed E-state index contributed by atoms with van der Waals surface area (Å²) in [7, 11) is 1.84. The largest absolute Gasteiger partial charge is 0.393 e. The van der Waals surface area contributed by atoms with Gasteiger partial charge in [-0.15, -0.1) is 0 Å². The van der Waals surface area contributed by atoms with Gasteiger partial charge in [0.1, 0.15) is 6.04 Å². The van der Waals surface area contributed by atoms with Crippen LogP contribution in [0.5, 0.6) is 0 Å². The minimum Gasteiger partial charge on any atom is -0.393 e. The summed E-state index contributed by atoms with van der Waals surface area (Å²) in [6.45, 7) is 4.81. The number of carbonyl (C=O) groups excluding carboxylic acids is 5. The number of esters is 4. The van der Waals surface area contributed by atoms with Crippen molar-refractivity contribution >= 4 is 58.4 Å². The molecule has 2 aromatic heterocycles. The number of amides is 1. The number of fused-ring (bicyclic) bond motifs is 1. The Balaban J connectivity index is 1.45.